The van der Waals surface area contributed by atoms with E-state index in [2.05, 4.69) is 39.0 Å². The SMILES string of the molecule is CNc1snc(C)c1C(=O)NCC(C)N(C)c1ccccc1. The number of aryl methyl sites for hydroxylation is 1. The van der Waals surface area contributed by atoms with Gasteiger partial charge in [-0.3, -0.25) is 4.79 Å². The van der Waals surface area contributed by atoms with Gasteiger partial charge in [0.15, 0.2) is 0 Å². The number of likely N-dealkylation sites (N-methyl/N-ethyl adjacent to an activating group) is 1. The van der Waals surface area contributed by atoms with Crippen molar-refractivity contribution in [2.24, 2.45) is 0 Å². The molecule has 118 valence electrons. The Hall–Kier alpha value is -2.08. The molecule has 1 aromatic heterocycles. The van der Waals surface area contributed by atoms with Crippen molar-refractivity contribution in [3.63, 3.8) is 0 Å². The van der Waals surface area contributed by atoms with Gasteiger partial charge in [-0.25, -0.2) is 0 Å². The summed E-state index contributed by atoms with van der Waals surface area (Å²) in [6.45, 7) is 4.51. The number of anilines is 2. The number of amides is 1. The molecular weight excluding hydrogens is 296 g/mol. The van der Waals surface area contributed by atoms with Gasteiger partial charge >= 0.3 is 0 Å². The van der Waals surface area contributed by atoms with E-state index in [-0.39, 0.29) is 11.9 Å². The van der Waals surface area contributed by atoms with Gasteiger partial charge in [0.25, 0.3) is 5.91 Å². The minimum absolute atomic E-state index is 0.0797. The van der Waals surface area contributed by atoms with Crippen molar-refractivity contribution in [1.82, 2.24) is 9.69 Å². The molecular formula is C16H22N4OS. The predicted octanol–water partition coefficient (Wildman–Crippen LogP) is 2.75. The van der Waals surface area contributed by atoms with Gasteiger partial charge in [-0.2, -0.15) is 4.37 Å². The summed E-state index contributed by atoms with van der Waals surface area (Å²) in [5.41, 5.74) is 2.53. The van der Waals surface area contributed by atoms with Gasteiger partial charge in [-0.05, 0) is 37.5 Å². The maximum Gasteiger partial charge on any atom is 0.256 e. The molecule has 0 saturated heterocycles. The normalized spacial score (nSPS) is 11.8. The van der Waals surface area contributed by atoms with Crippen LogP contribution in [0.15, 0.2) is 30.3 Å². The van der Waals surface area contributed by atoms with Crippen LogP contribution in [-0.2, 0) is 0 Å². The number of nitrogens with one attached hydrogen (secondary N) is 2. The smallest absolute Gasteiger partial charge is 0.256 e. The van der Waals surface area contributed by atoms with Crippen LogP contribution in [0, 0.1) is 6.92 Å². The zero-order valence-corrected chi connectivity index (χ0v) is 14.2. The van der Waals surface area contributed by atoms with Gasteiger partial charge in [0.2, 0.25) is 0 Å². The molecule has 0 spiro atoms. The first kappa shape index (κ1) is 16.3. The Labute approximate surface area is 135 Å². The summed E-state index contributed by atoms with van der Waals surface area (Å²) in [5.74, 6) is -0.0797. The van der Waals surface area contributed by atoms with Gasteiger partial charge in [0, 0.05) is 32.4 Å². The molecule has 0 bridgehead atoms. The third-order valence-electron chi connectivity index (χ3n) is 3.70. The second-order valence-corrected chi connectivity index (χ2v) is 6.00. The molecule has 1 heterocycles. The van der Waals surface area contributed by atoms with Crippen LogP contribution in [0.5, 0.6) is 0 Å². The summed E-state index contributed by atoms with van der Waals surface area (Å²) in [6.07, 6.45) is 0. The number of hydrogen-bond acceptors (Lipinski definition) is 5. The lowest BCUT2D eigenvalue weighted by atomic mass is 10.2. The van der Waals surface area contributed by atoms with Crippen molar-refractivity contribution < 1.29 is 4.79 Å². The van der Waals surface area contributed by atoms with Crippen molar-refractivity contribution in [2.75, 3.05) is 30.9 Å². The van der Waals surface area contributed by atoms with E-state index in [0.29, 0.717) is 12.1 Å². The van der Waals surface area contributed by atoms with Gasteiger partial charge in [-0.1, -0.05) is 18.2 Å². The number of carbonyl (C=O) groups is 1. The fraction of sp³-hybridized carbons (Fsp3) is 0.375. The van der Waals surface area contributed by atoms with Gasteiger partial charge < -0.3 is 15.5 Å². The van der Waals surface area contributed by atoms with E-state index >= 15 is 0 Å². The van der Waals surface area contributed by atoms with Gasteiger partial charge in [-0.15, -0.1) is 0 Å². The zero-order chi connectivity index (χ0) is 16.1. The molecule has 0 aliphatic rings. The highest BCUT2D eigenvalue weighted by Gasteiger charge is 2.18. The molecule has 22 heavy (non-hydrogen) atoms. The van der Waals surface area contributed by atoms with Gasteiger partial charge in [0.1, 0.15) is 5.00 Å². The number of rotatable bonds is 6. The first-order valence-corrected chi connectivity index (χ1v) is 8.02. The Morgan fingerprint density at radius 3 is 2.68 bits per heavy atom. The van der Waals surface area contributed by atoms with E-state index in [1.54, 1.807) is 7.05 Å². The number of benzene rings is 1. The zero-order valence-electron chi connectivity index (χ0n) is 13.4. The molecule has 5 nitrogen and oxygen atoms in total. The highest BCUT2D eigenvalue weighted by molar-refractivity contribution is 7.10. The van der Waals surface area contributed by atoms with Crippen molar-refractivity contribution >= 4 is 28.1 Å². The Kier molecular flexibility index (Phi) is 5.38. The number of para-hydroxylation sites is 1. The first-order chi connectivity index (χ1) is 10.5. The molecule has 0 radical (unpaired) electrons. The number of aromatic nitrogens is 1. The van der Waals surface area contributed by atoms with Crippen LogP contribution in [0.25, 0.3) is 0 Å². The molecule has 1 atom stereocenters. The fourth-order valence-corrected chi connectivity index (χ4v) is 2.93. The van der Waals surface area contributed by atoms with E-state index in [1.165, 1.54) is 11.5 Å². The highest BCUT2D eigenvalue weighted by Crippen LogP contribution is 2.23. The summed E-state index contributed by atoms with van der Waals surface area (Å²) < 4.78 is 4.23. The van der Waals surface area contributed by atoms with E-state index in [4.69, 9.17) is 0 Å². The second kappa shape index (κ2) is 7.26. The number of hydrogen-bond donors (Lipinski definition) is 2. The molecule has 1 aromatic carbocycles. The molecule has 1 unspecified atom stereocenters. The van der Waals surface area contributed by atoms with E-state index in [0.717, 1.165) is 16.4 Å². The molecule has 6 heteroatoms. The van der Waals surface area contributed by atoms with Crippen LogP contribution in [0.1, 0.15) is 23.0 Å². The number of nitrogens with zero attached hydrogens (tertiary/aromatic N) is 2. The van der Waals surface area contributed by atoms with Crippen molar-refractivity contribution in [1.29, 1.82) is 0 Å². The average Bonchev–Trinajstić information content (AvgIpc) is 2.93. The first-order valence-electron chi connectivity index (χ1n) is 7.24. The molecule has 0 fully saturated rings. The highest BCUT2D eigenvalue weighted by atomic mass is 32.1. The van der Waals surface area contributed by atoms with E-state index in [9.17, 15) is 4.79 Å². The third-order valence-corrected chi connectivity index (χ3v) is 4.66. The molecule has 0 saturated carbocycles. The monoisotopic (exact) mass is 318 g/mol. The lowest BCUT2D eigenvalue weighted by molar-refractivity contribution is 0.0952. The fourth-order valence-electron chi connectivity index (χ4n) is 2.19. The van der Waals surface area contributed by atoms with Gasteiger partial charge in [0.05, 0.1) is 11.3 Å². The summed E-state index contributed by atoms with van der Waals surface area (Å²) in [6, 6.07) is 10.3. The molecule has 2 aromatic rings. The summed E-state index contributed by atoms with van der Waals surface area (Å²) in [4.78, 5) is 14.5. The molecule has 1 amide bonds. The second-order valence-electron chi connectivity index (χ2n) is 5.23. The van der Waals surface area contributed by atoms with Crippen LogP contribution in [0.2, 0.25) is 0 Å². The lowest BCUT2D eigenvalue weighted by Gasteiger charge is -2.27. The third kappa shape index (κ3) is 3.57. The Morgan fingerprint density at radius 1 is 1.36 bits per heavy atom. The molecule has 0 aliphatic heterocycles. The largest absolute Gasteiger partial charge is 0.378 e. The average molecular weight is 318 g/mol. The van der Waals surface area contributed by atoms with Crippen LogP contribution in [0.3, 0.4) is 0 Å². The summed E-state index contributed by atoms with van der Waals surface area (Å²) in [5, 5.41) is 6.82. The van der Waals surface area contributed by atoms with Crippen molar-refractivity contribution in [3.05, 3.63) is 41.6 Å². The minimum Gasteiger partial charge on any atom is -0.378 e. The minimum atomic E-state index is -0.0797. The molecule has 0 aliphatic carbocycles. The Bertz CT molecular complexity index is 626. The maximum absolute atomic E-state index is 12.4. The quantitative estimate of drug-likeness (QED) is 0.860. The van der Waals surface area contributed by atoms with Crippen LogP contribution in [-0.4, -0.2) is 37.0 Å². The maximum atomic E-state index is 12.4. The van der Waals surface area contributed by atoms with Crippen LogP contribution in [0.4, 0.5) is 10.7 Å². The van der Waals surface area contributed by atoms with E-state index in [1.807, 2.05) is 32.2 Å². The summed E-state index contributed by atoms with van der Waals surface area (Å²) in [7, 11) is 3.83. The van der Waals surface area contributed by atoms with Crippen LogP contribution >= 0.6 is 11.5 Å². The van der Waals surface area contributed by atoms with Crippen molar-refractivity contribution in [2.45, 2.75) is 19.9 Å². The Morgan fingerprint density at radius 2 is 2.05 bits per heavy atom. The Balaban J connectivity index is 1.97. The topological polar surface area (TPSA) is 57.3 Å². The van der Waals surface area contributed by atoms with Crippen LogP contribution < -0.4 is 15.5 Å². The molecule has 2 rings (SSSR count). The lowest BCUT2D eigenvalue weighted by Crippen LogP contribution is -2.40. The standard InChI is InChI=1S/C16H22N4OS/c1-11(20(4)13-8-6-5-7-9-13)10-18-15(21)14-12(2)19-22-16(14)17-3/h5-9,11,17H,10H2,1-4H3,(H,18,21). The number of carbonyl (C=O) groups excluding carboxylic acids is 1. The summed E-state index contributed by atoms with van der Waals surface area (Å²) >= 11 is 1.31. The predicted molar refractivity (Wildman–Crippen MR) is 93.0 cm³/mol. The van der Waals surface area contributed by atoms with E-state index < -0.39 is 0 Å². The molecule has 2 N–H and O–H groups in total. The van der Waals surface area contributed by atoms with Crippen molar-refractivity contribution in [3.8, 4) is 0 Å².